The van der Waals surface area contributed by atoms with Crippen LogP contribution in [0.3, 0.4) is 0 Å². The summed E-state index contributed by atoms with van der Waals surface area (Å²) in [4.78, 5) is 16.0. The van der Waals surface area contributed by atoms with E-state index in [0.717, 1.165) is 11.3 Å². The normalized spacial score (nSPS) is 19.4. The molecule has 2 aromatic carbocycles. The van der Waals surface area contributed by atoms with Crippen LogP contribution in [0.1, 0.15) is 5.56 Å². The Balaban J connectivity index is 1.44. The molecule has 30 heavy (non-hydrogen) atoms. The van der Waals surface area contributed by atoms with E-state index in [4.69, 9.17) is 9.47 Å². The molecule has 7 nitrogen and oxygen atoms in total. The van der Waals surface area contributed by atoms with E-state index in [2.05, 4.69) is 6.07 Å². The lowest BCUT2D eigenvalue weighted by molar-refractivity contribution is -0.131. The zero-order valence-corrected chi connectivity index (χ0v) is 18.5. The molecule has 0 bridgehead atoms. The number of hydrogen-bond donors (Lipinski definition) is 0. The third-order valence-corrected chi connectivity index (χ3v) is 8.69. The molecule has 0 N–H and O–H groups in total. The van der Waals surface area contributed by atoms with Crippen molar-refractivity contribution in [1.29, 1.82) is 0 Å². The zero-order chi connectivity index (χ0) is 21.3. The lowest BCUT2D eigenvalue weighted by Crippen LogP contribution is -2.52. The fourth-order valence-electron chi connectivity index (χ4n) is 3.80. The quantitative estimate of drug-likeness (QED) is 0.698. The number of amides is 1. The second-order valence-corrected chi connectivity index (χ2v) is 10.3. The Morgan fingerprint density at radius 2 is 1.77 bits per heavy atom. The predicted molar refractivity (Wildman–Crippen MR) is 115 cm³/mol. The molecular formula is C21H24N2O5S2. The van der Waals surface area contributed by atoms with Crippen molar-refractivity contribution in [2.24, 2.45) is 0 Å². The van der Waals surface area contributed by atoms with Gasteiger partial charge in [0.05, 0.1) is 19.5 Å². The highest BCUT2D eigenvalue weighted by Gasteiger charge is 2.36. The molecule has 2 aliphatic rings. The maximum Gasteiger partial charge on any atom is 0.247 e. The van der Waals surface area contributed by atoms with E-state index in [1.54, 1.807) is 28.8 Å². The molecule has 0 saturated carbocycles. The van der Waals surface area contributed by atoms with Gasteiger partial charge in [-0.15, -0.1) is 11.8 Å². The second kappa shape index (κ2) is 8.49. The van der Waals surface area contributed by atoms with Gasteiger partial charge in [-0.25, -0.2) is 8.42 Å². The average molecular weight is 449 g/mol. The van der Waals surface area contributed by atoms with Crippen molar-refractivity contribution in [2.75, 3.05) is 40.4 Å². The molecule has 4 rings (SSSR count). The minimum Gasteiger partial charge on any atom is -0.497 e. The summed E-state index contributed by atoms with van der Waals surface area (Å²) in [5, 5.41) is -0.135. The van der Waals surface area contributed by atoms with E-state index >= 15 is 0 Å². The van der Waals surface area contributed by atoms with Crippen LogP contribution in [0.25, 0.3) is 0 Å². The van der Waals surface area contributed by atoms with Gasteiger partial charge in [-0.2, -0.15) is 4.31 Å². The number of benzene rings is 2. The van der Waals surface area contributed by atoms with Crippen molar-refractivity contribution in [1.82, 2.24) is 9.21 Å². The number of fused-ring (bicyclic) bond motifs is 1. The summed E-state index contributed by atoms with van der Waals surface area (Å²) in [6, 6.07) is 12.8. The first-order valence-electron chi connectivity index (χ1n) is 9.69. The maximum atomic E-state index is 13.2. The Bertz CT molecular complexity index is 1020. The molecule has 1 saturated heterocycles. The fraction of sp³-hybridized carbons (Fsp3) is 0.381. The van der Waals surface area contributed by atoms with Gasteiger partial charge in [0.2, 0.25) is 15.9 Å². The van der Waals surface area contributed by atoms with Crippen LogP contribution in [-0.2, 0) is 21.2 Å². The number of sulfonamides is 1. The number of nitrogens with zero attached hydrogens (tertiary/aromatic N) is 2. The third-order valence-electron chi connectivity index (χ3n) is 5.46. The summed E-state index contributed by atoms with van der Waals surface area (Å²) in [5.41, 5.74) is 1.20. The summed E-state index contributed by atoms with van der Waals surface area (Å²) in [6.07, 6.45) is 0.721. The largest absolute Gasteiger partial charge is 0.497 e. The van der Waals surface area contributed by atoms with Crippen LogP contribution >= 0.6 is 11.8 Å². The molecular weight excluding hydrogens is 424 g/mol. The minimum absolute atomic E-state index is 0.0749. The SMILES string of the molecule is COc1ccc(OC)c(S(=O)(=O)N2CCN(C(=O)C3Cc4ccccc4S3)CC2)c1. The summed E-state index contributed by atoms with van der Waals surface area (Å²) >= 11 is 1.60. The highest BCUT2D eigenvalue weighted by molar-refractivity contribution is 8.01. The average Bonchev–Trinajstić information content (AvgIpc) is 3.22. The Labute approximate surface area is 181 Å². The Morgan fingerprint density at radius 1 is 1.03 bits per heavy atom. The van der Waals surface area contributed by atoms with E-state index in [0.29, 0.717) is 18.8 Å². The number of piperazine rings is 1. The summed E-state index contributed by atoms with van der Waals surface area (Å²) < 4.78 is 38.2. The molecule has 0 radical (unpaired) electrons. The van der Waals surface area contributed by atoms with Gasteiger partial charge in [0.15, 0.2) is 0 Å². The molecule has 1 amide bonds. The van der Waals surface area contributed by atoms with Gasteiger partial charge in [0, 0.05) is 37.1 Å². The highest BCUT2D eigenvalue weighted by Crippen LogP contribution is 2.38. The maximum absolute atomic E-state index is 13.2. The van der Waals surface area contributed by atoms with Gasteiger partial charge < -0.3 is 14.4 Å². The van der Waals surface area contributed by atoms with Crippen molar-refractivity contribution < 1.29 is 22.7 Å². The number of methoxy groups -OCH3 is 2. The summed E-state index contributed by atoms with van der Waals surface area (Å²) in [5.74, 6) is 0.794. The van der Waals surface area contributed by atoms with Gasteiger partial charge in [0.25, 0.3) is 0 Å². The standard InChI is InChI=1S/C21H24N2O5S2/c1-27-16-7-8-17(28-2)20(14-16)30(25,26)23-11-9-22(10-12-23)21(24)19-13-15-5-3-4-6-18(15)29-19/h3-8,14,19H,9-13H2,1-2H3. The van der Waals surface area contributed by atoms with Crippen LogP contribution < -0.4 is 9.47 Å². The highest BCUT2D eigenvalue weighted by atomic mass is 32.2. The van der Waals surface area contributed by atoms with Crippen LogP contribution in [0.15, 0.2) is 52.3 Å². The first-order chi connectivity index (χ1) is 14.4. The molecule has 0 aliphatic carbocycles. The van der Waals surface area contributed by atoms with Crippen molar-refractivity contribution in [3.63, 3.8) is 0 Å². The van der Waals surface area contributed by atoms with Crippen molar-refractivity contribution in [3.8, 4) is 11.5 Å². The minimum atomic E-state index is -3.76. The predicted octanol–water partition coefficient (Wildman–Crippen LogP) is 2.25. The molecule has 0 aromatic heterocycles. The van der Waals surface area contributed by atoms with Crippen molar-refractivity contribution in [2.45, 2.75) is 21.5 Å². The number of carbonyl (C=O) groups is 1. The number of ether oxygens (including phenoxy) is 2. The lowest BCUT2D eigenvalue weighted by atomic mass is 10.1. The Hall–Kier alpha value is -2.23. The van der Waals surface area contributed by atoms with E-state index in [1.165, 1.54) is 30.2 Å². The third kappa shape index (κ3) is 3.89. The van der Waals surface area contributed by atoms with Gasteiger partial charge in [-0.05, 0) is 30.2 Å². The van der Waals surface area contributed by atoms with Gasteiger partial charge in [-0.3, -0.25) is 4.79 Å². The number of hydrogen-bond acceptors (Lipinski definition) is 6. The van der Waals surface area contributed by atoms with E-state index in [-0.39, 0.29) is 34.9 Å². The lowest BCUT2D eigenvalue weighted by Gasteiger charge is -2.35. The van der Waals surface area contributed by atoms with Gasteiger partial charge >= 0.3 is 0 Å². The monoisotopic (exact) mass is 448 g/mol. The number of rotatable bonds is 5. The van der Waals surface area contributed by atoms with Crippen molar-refractivity contribution in [3.05, 3.63) is 48.0 Å². The van der Waals surface area contributed by atoms with E-state index in [1.807, 2.05) is 18.2 Å². The van der Waals surface area contributed by atoms with Crippen LogP contribution in [-0.4, -0.2) is 69.2 Å². The molecule has 1 fully saturated rings. The number of carbonyl (C=O) groups excluding carboxylic acids is 1. The Kier molecular flexibility index (Phi) is 5.95. The molecule has 160 valence electrons. The van der Waals surface area contributed by atoms with Crippen LogP contribution in [0, 0.1) is 0 Å². The first-order valence-corrected chi connectivity index (χ1v) is 12.0. The fourth-order valence-corrected chi connectivity index (χ4v) is 6.67. The molecule has 2 heterocycles. The van der Waals surface area contributed by atoms with Crippen LogP contribution in [0.4, 0.5) is 0 Å². The van der Waals surface area contributed by atoms with Crippen molar-refractivity contribution >= 4 is 27.7 Å². The molecule has 1 unspecified atom stereocenters. The van der Waals surface area contributed by atoms with E-state index < -0.39 is 10.0 Å². The number of thioether (sulfide) groups is 1. The van der Waals surface area contributed by atoms with Crippen LogP contribution in [0.2, 0.25) is 0 Å². The molecule has 2 aromatic rings. The van der Waals surface area contributed by atoms with Gasteiger partial charge in [0.1, 0.15) is 16.4 Å². The van der Waals surface area contributed by atoms with Gasteiger partial charge in [-0.1, -0.05) is 18.2 Å². The summed E-state index contributed by atoms with van der Waals surface area (Å²) in [7, 11) is -0.837. The zero-order valence-electron chi connectivity index (χ0n) is 16.9. The van der Waals surface area contributed by atoms with Crippen LogP contribution in [0.5, 0.6) is 11.5 Å². The summed E-state index contributed by atoms with van der Waals surface area (Å²) in [6.45, 7) is 1.24. The smallest absolute Gasteiger partial charge is 0.247 e. The molecule has 1 atom stereocenters. The molecule has 2 aliphatic heterocycles. The topological polar surface area (TPSA) is 76.2 Å². The second-order valence-electron chi connectivity index (χ2n) is 7.16. The molecule has 0 spiro atoms. The molecule has 9 heteroatoms. The van der Waals surface area contributed by atoms with E-state index in [9.17, 15) is 13.2 Å². The first kappa shape index (κ1) is 21.0. The Morgan fingerprint density at radius 3 is 2.43 bits per heavy atom.